The van der Waals surface area contributed by atoms with Crippen molar-refractivity contribution in [3.63, 3.8) is 0 Å². The van der Waals surface area contributed by atoms with E-state index < -0.39 is 0 Å². The molecule has 1 unspecified atom stereocenters. The molecule has 1 aliphatic heterocycles. The first-order valence-electron chi connectivity index (χ1n) is 5.67. The molecule has 5 nitrogen and oxygen atoms in total. The van der Waals surface area contributed by atoms with Gasteiger partial charge in [0.1, 0.15) is 0 Å². The van der Waals surface area contributed by atoms with E-state index in [-0.39, 0.29) is 11.9 Å². The number of nitrogens with zero attached hydrogens (tertiary/aromatic N) is 1. The number of nitrogens with one attached hydrogen (secondary N) is 2. The summed E-state index contributed by atoms with van der Waals surface area (Å²) in [5.41, 5.74) is 2.22. The number of amides is 1. The first kappa shape index (κ1) is 12.4. The normalized spacial score (nSPS) is 20.3. The highest BCUT2D eigenvalue weighted by molar-refractivity contribution is 5.80. The molecule has 0 aromatic carbocycles. The number of piperidine rings is 1. The molecule has 0 bridgehead atoms. The van der Waals surface area contributed by atoms with E-state index in [1.54, 1.807) is 0 Å². The number of carbonyl (C=O) groups is 1. The second-order valence-corrected chi connectivity index (χ2v) is 4.00. The first-order valence-corrected chi connectivity index (χ1v) is 5.67. The van der Waals surface area contributed by atoms with Crippen molar-refractivity contribution in [3.05, 3.63) is 0 Å². The highest BCUT2D eigenvalue weighted by Crippen LogP contribution is 2.14. The fourth-order valence-corrected chi connectivity index (χ4v) is 2.26. The van der Waals surface area contributed by atoms with Gasteiger partial charge in [-0.1, -0.05) is 6.92 Å². The molecule has 15 heavy (non-hydrogen) atoms. The molecule has 1 heterocycles. The smallest absolute Gasteiger partial charge is 0.250 e. The van der Waals surface area contributed by atoms with Crippen LogP contribution in [0.5, 0.6) is 0 Å². The molecule has 88 valence electrons. The first-order chi connectivity index (χ1) is 7.20. The summed E-state index contributed by atoms with van der Waals surface area (Å²) < 4.78 is 0. The van der Waals surface area contributed by atoms with Gasteiger partial charge in [-0.2, -0.15) is 0 Å². The van der Waals surface area contributed by atoms with E-state index in [2.05, 4.69) is 22.6 Å². The van der Waals surface area contributed by atoms with Crippen LogP contribution in [0.25, 0.3) is 0 Å². The van der Waals surface area contributed by atoms with Gasteiger partial charge in [0.25, 0.3) is 5.91 Å². The second-order valence-electron chi connectivity index (χ2n) is 4.00. The van der Waals surface area contributed by atoms with Crippen LogP contribution in [0.4, 0.5) is 0 Å². The number of hydrazine groups is 1. The van der Waals surface area contributed by atoms with Crippen LogP contribution in [0.2, 0.25) is 0 Å². The zero-order valence-electron chi connectivity index (χ0n) is 9.62. The lowest BCUT2D eigenvalue weighted by Gasteiger charge is -2.37. The zero-order valence-corrected chi connectivity index (χ0v) is 9.62. The van der Waals surface area contributed by atoms with Crippen LogP contribution >= 0.6 is 0 Å². The van der Waals surface area contributed by atoms with Crippen molar-refractivity contribution in [2.24, 2.45) is 5.84 Å². The third kappa shape index (κ3) is 3.15. The van der Waals surface area contributed by atoms with E-state index >= 15 is 0 Å². The van der Waals surface area contributed by atoms with Crippen molar-refractivity contribution in [3.8, 4) is 0 Å². The lowest BCUT2D eigenvalue weighted by Crippen LogP contribution is -2.53. The van der Waals surface area contributed by atoms with Crippen LogP contribution in [-0.2, 0) is 4.79 Å². The molecule has 0 radical (unpaired) electrons. The molecule has 5 heteroatoms. The van der Waals surface area contributed by atoms with E-state index in [9.17, 15) is 4.79 Å². The summed E-state index contributed by atoms with van der Waals surface area (Å²) in [7, 11) is 0. The Morgan fingerprint density at radius 2 is 2.20 bits per heavy atom. The number of carbonyl (C=O) groups excluding carboxylic acids is 1. The molecular formula is C10H22N4O. The van der Waals surface area contributed by atoms with Gasteiger partial charge >= 0.3 is 0 Å². The Balaban J connectivity index is 2.56. The molecule has 1 amide bonds. The van der Waals surface area contributed by atoms with Crippen molar-refractivity contribution in [2.45, 2.75) is 38.8 Å². The molecule has 1 saturated heterocycles. The van der Waals surface area contributed by atoms with Crippen molar-refractivity contribution in [1.29, 1.82) is 0 Å². The topological polar surface area (TPSA) is 70.4 Å². The Kier molecular flexibility index (Phi) is 5.01. The van der Waals surface area contributed by atoms with E-state index in [0.717, 1.165) is 32.5 Å². The Labute approximate surface area is 91.3 Å². The monoisotopic (exact) mass is 214 g/mol. The fourth-order valence-electron chi connectivity index (χ4n) is 2.26. The Morgan fingerprint density at radius 1 is 1.60 bits per heavy atom. The third-order valence-electron chi connectivity index (χ3n) is 3.16. The molecule has 1 atom stereocenters. The number of nitrogens with two attached hydrogens (primary N) is 1. The van der Waals surface area contributed by atoms with Crippen LogP contribution in [0.15, 0.2) is 0 Å². The zero-order chi connectivity index (χ0) is 11.3. The highest BCUT2D eigenvalue weighted by atomic mass is 16.2. The Morgan fingerprint density at radius 3 is 2.67 bits per heavy atom. The van der Waals surface area contributed by atoms with E-state index in [1.807, 2.05) is 6.92 Å². The summed E-state index contributed by atoms with van der Waals surface area (Å²) in [6.07, 6.45) is 2.21. The number of rotatable bonds is 4. The van der Waals surface area contributed by atoms with Gasteiger partial charge in [0.05, 0.1) is 6.04 Å². The van der Waals surface area contributed by atoms with Crippen LogP contribution in [-0.4, -0.2) is 42.5 Å². The number of hydrogen-bond donors (Lipinski definition) is 3. The predicted octanol–water partition coefficient (Wildman–Crippen LogP) is -0.561. The maximum Gasteiger partial charge on any atom is 0.250 e. The van der Waals surface area contributed by atoms with Crippen molar-refractivity contribution >= 4 is 5.91 Å². The average molecular weight is 214 g/mol. The van der Waals surface area contributed by atoms with E-state index in [0.29, 0.717) is 6.04 Å². The maximum absolute atomic E-state index is 11.5. The van der Waals surface area contributed by atoms with Gasteiger partial charge < -0.3 is 5.32 Å². The molecule has 4 N–H and O–H groups in total. The van der Waals surface area contributed by atoms with Gasteiger partial charge in [-0.05, 0) is 39.4 Å². The lowest BCUT2D eigenvalue weighted by atomic mass is 10.0. The minimum absolute atomic E-state index is 0.101. The summed E-state index contributed by atoms with van der Waals surface area (Å²) >= 11 is 0. The Bertz CT molecular complexity index is 204. The van der Waals surface area contributed by atoms with Gasteiger partial charge in [0.15, 0.2) is 0 Å². The van der Waals surface area contributed by atoms with Crippen molar-refractivity contribution in [1.82, 2.24) is 15.6 Å². The molecule has 0 aliphatic carbocycles. The van der Waals surface area contributed by atoms with Crippen LogP contribution in [0.3, 0.4) is 0 Å². The van der Waals surface area contributed by atoms with Gasteiger partial charge in [-0.25, -0.2) is 5.84 Å². The van der Waals surface area contributed by atoms with Crippen LogP contribution < -0.4 is 16.6 Å². The molecule has 1 fully saturated rings. The predicted molar refractivity (Wildman–Crippen MR) is 60.1 cm³/mol. The quantitative estimate of drug-likeness (QED) is 0.333. The summed E-state index contributed by atoms with van der Waals surface area (Å²) in [5, 5.41) is 3.32. The van der Waals surface area contributed by atoms with Gasteiger partial charge in [-0.15, -0.1) is 0 Å². The van der Waals surface area contributed by atoms with Gasteiger partial charge in [0.2, 0.25) is 0 Å². The minimum atomic E-state index is -0.136. The minimum Gasteiger partial charge on any atom is -0.317 e. The van der Waals surface area contributed by atoms with Crippen molar-refractivity contribution in [2.75, 3.05) is 19.6 Å². The van der Waals surface area contributed by atoms with Gasteiger partial charge in [-0.3, -0.25) is 15.1 Å². The lowest BCUT2D eigenvalue weighted by molar-refractivity contribution is -0.127. The summed E-state index contributed by atoms with van der Waals surface area (Å²) in [5.74, 6) is 5.05. The standard InChI is InChI=1S/C10H22N4O/c1-3-14(8(2)10(15)13-11)9-4-6-12-7-5-9/h8-9,12H,3-7,11H2,1-2H3,(H,13,15). The largest absolute Gasteiger partial charge is 0.317 e. The summed E-state index contributed by atoms with van der Waals surface area (Å²) in [6, 6.07) is 0.367. The fraction of sp³-hybridized carbons (Fsp3) is 0.900. The molecule has 0 spiro atoms. The van der Waals surface area contributed by atoms with E-state index in [1.165, 1.54) is 0 Å². The van der Waals surface area contributed by atoms with E-state index in [4.69, 9.17) is 5.84 Å². The molecule has 1 rings (SSSR count). The molecule has 0 aromatic heterocycles. The molecule has 0 saturated carbocycles. The van der Waals surface area contributed by atoms with Crippen LogP contribution in [0, 0.1) is 0 Å². The third-order valence-corrected chi connectivity index (χ3v) is 3.16. The summed E-state index contributed by atoms with van der Waals surface area (Å²) in [4.78, 5) is 13.7. The summed E-state index contributed by atoms with van der Waals surface area (Å²) in [6.45, 7) is 6.96. The number of likely N-dealkylation sites (N-methyl/N-ethyl adjacent to an activating group) is 1. The second kappa shape index (κ2) is 6.05. The number of hydrogen-bond acceptors (Lipinski definition) is 4. The Hall–Kier alpha value is -0.650. The molecular weight excluding hydrogens is 192 g/mol. The SMILES string of the molecule is CCN(C1CCNCC1)C(C)C(=O)NN. The maximum atomic E-state index is 11.5. The molecule has 1 aliphatic rings. The highest BCUT2D eigenvalue weighted by Gasteiger charge is 2.27. The average Bonchev–Trinajstić information content (AvgIpc) is 2.30. The van der Waals surface area contributed by atoms with Gasteiger partial charge in [0, 0.05) is 6.04 Å². The van der Waals surface area contributed by atoms with Crippen molar-refractivity contribution < 1.29 is 4.79 Å². The van der Waals surface area contributed by atoms with Crippen LogP contribution in [0.1, 0.15) is 26.7 Å². The molecule has 0 aromatic rings.